The number of carbonyl (C=O) groups excluding carboxylic acids is 1. The molecule has 1 aliphatic rings. The molecule has 4 N–H and O–H groups in total. The van der Waals surface area contributed by atoms with E-state index in [1.165, 1.54) is 0 Å². The highest BCUT2D eigenvalue weighted by Crippen LogP contribution is 2.24. The Balaban J connectivity index is 1.69. The van der Waals surface area contributed by atoms with E-state index < -0.39 is 5.91 Å². The monoisotopic (exact) mass is 423 g/mol. The smallest absolute Gasteiger partial charge is 0.256 e. The topological polar surface area (TPSA) is 122 Å². The van der Waals surface area contributed by atoms with Gasteiger partial charge in [0.15, 0.2) is 0 Å². The quantitative estimate of drug-likeness (QED) is 0.560. The molecular weight excluding hydrogens is 405 g/mol. The summed E-state index contributed by atoms with van der Waals surface area (Å²) in [5.74, 6) is -0.320. The molecule has 0 radical (unpaired) electrons. The van der Waals surface area contributed by atoms with E-state index >= 15 is 0 Å². The molecule has 3 rings (SSSR count). The number of carbonyl (C=O) groups is 1. The van der Waals surface area contributed by atoms with Crippen molar-refractivity contribution in [3.05, 3.63) is 55.4 Å². The van der Waals surface area contributed by atoms with Crippen molar-refractivity contribution < 1.29 is 9.53 Å². The number of aromatic amines is 1. The second-order valence-corrected chi connectivity index (χ2v) is 7.13. The zero-order chi connectivity index (χ0) is 20.1. The minimum absolute atomic E-state index is 0.131. The largest absolute Gasteiger partial charge is 0.372 e. The second kappa shape index (κ2) is 9.18. The lowest BCUT2D eigenvalue weighted by molar-refractivity contribution is -0.122. The lowest BCUT2D eigenvalue weighted by Crippen LogP contribution is -2.27. The first-order valence-electron chi connectivity index (χ1n) is 8.62. The number of halogens is 2. The fourth-order valence-corrected chi connectivity index (χ4v) is 3.22. The van der Waals surface area contributed by atoms with Crippen molar-refractivity contribution in [2.45, 2.75) is 18.9 Å². The molecule has 8 nitrogen and oxygen atoms in total. The van der Waals surface area contributed by atoms with E-state index in [0.29, 0.717) is 53.4 Å². The van der Waals surface area contributed by atoms with Gasteiger partial charge in [-0.25, -0.2) is 4.98 Å². The average Bonchev–Trinajstić information content (AvgIpc) is 2.66. The Morgan fingerprint density at radius 1 is 1.36 bits per heavy atom. The van der Waals surface area contributed by atoms with Gasteiger partial charge in [-0.1, -0.05) is 29.3 Å². The number of nitrogens with two attached hydrogens (primary N) is 1. The third-order valence-corrected chi connectivity index (χ3v) is 4.97. The zero-order valence-electron chi connectivity index (χ0n) is 14.9. The fraction of sp³-hybridized carbons (Fsp3) is 0.333. The molecule has 0 fully saturated rings. The molecule has 1 unspecified atom stereocenters. The van der Waals surface area contributed by atoms with E-state index in [1.54, 1.807) is 18.3 Å². The van der Waals surface area contributed by atoms with Gasteiger partial charge in [0.05, 0.1) is 15.7 Å². The summed E-state index contributed by atoms with van der Waals surface area (Å²) in [6.07, 6.45) is 2.13. The van der Waals surface area contributed by atoms with Crippen LogP contribution in [0.25, 0.3) is 0 Å². The Morgan fingerprint density at radius 2 is 2.18 bits per heavy atom. The molecule has 148 valence electrons. The predicted octanol–water partition coefficient (Wildman–Crippen LogP) is 2.10. The molecule has 1 aliphatic heterocycles. The number of amides is 1. The van der Waals surface area contributed by atoms with Crippen LogP contribution in [0.1, 0.15) is 29.2 Å². The first-order valence-corrected chi connectivity index (χ1v) is 9.37. The van der Waals surface area contributed by atoms with Crippen molar-refractivity contribution in [3.8, 4) is 0 Å². The average molecular weight is 424 g/mol. The predicted molar refractivity (Wildman–Crippen MR) is 108 cm³/mol. The van der Waals surface area contributed by atoms with Crippen LogP contribution in [-0.2, 0) is 16.1 Å². The molecule has 0 saturated heterocycles. The highest BCUT2D eigenvalue weighted by molar-refractivity contribution is 6.42. The van der Waals surface area contributed by atoms with E-state index in [4.69, 9.17) is 33.7 Å². The number of nitrogens with zero attached hydrogens (tertiary/aromatic N) is 2. The van der Waals surface area contributed by atoms with Gasteiger partial charge in [-0.15, -0.1) is 0 Å². The van der Waals surface area contributed by atoms with Crippen LogP contribution in [0.3, 0.4) is 0 Å². The highest BCUT2D eigenvalue weighted by Gasteiger charge is 2.23. The Labute approximate surface area is 171 Å². The maximum Gasteiger partial charge on any atom is 0.256 e. The van der Waals surface area contributed by atoms with Crippen LogP contribution in [0.5, 0.6) is 0 Å². The van der Waals surface area contributed by atoms with Crippen LogP contribution in [0.2, 0.25) is 10.0 Å². The van der Waals surface area contributed by atoms with E-state index in [0.717, 1.165) is 5.56 Å². The molecule has 2 heterocycles. The van der Waals surface area contributed by atoms with Crippen molar-refractivity contribution in [2.75, 3.05) is 25.1 Å². The number of H-pyrrole nitrogens is 1. The van der Waals surface area contributed by atoms with Crippen LogP contribution in [0, 0.1) is 0 Å². The first kappa shape index (κ1) is 20.3. The van der Waals surface area contributed by atoms with Crippen molar-refractivity contribution >= 4 is 41.3 Å². The van der Waals surface area contributed by atoms with Crippen molar-refractivity contribution in [3.63, 3.8) is 0 Å². The van der Waals surface area contributed by atoms with Gasteiger partial charge < -0.3 is 15.8 Å². The molecule has 28 heavy (non-hydrogen) atoms. The number of fused-ring (bicyclic) bond motifs is 1. The molecule has 1 amide bonds. The number of aromatic nitrogens is 2. The number of aliphatic imine (C=N–C) groups is 1. The maximum absolute atomic E-state index is 12.6. The van der Waals surface area contributed by atoms with Gasteiger partial charge in [0.2, 0.25) is 11.9 Å². The number of hydrogen-bond acceptors (Lipinski definition) is 6. The van der Waals surface area contributed by atoms with Crippen LogP contribution < -0.4 is 16.6 Å². The highest BCUT2D eigenvalue weighted by atomic mass is 35.5. The molecule has 1 aromatic carbocycles. The summed E-state index contributed by atoms with van der Waals surface area (Å²) < 4.78 is 5.19. The summed E-state index contributed by atoms with van der Waals surface area (Å²) >= 11 is 11.9. The molecule has 0 spiro atoms. The van der Waals surface area contributed by atoms with Crippen LogP contribution in [0.15, 0.2) is 28.0 Å². The Hall–Kier alpha value is -2.42. The van der Waals surface area contributed by atoms with Crippen molar-refractivity contribution in [2.24, 2.45) is 10.7 Å². The molecule has 0 aliphatic carbocycles. The minimum atomic E-state index is -0.528. The third kappa shape index (κ3) is 5.09. The van der Waals surface area contributed by atoms with Gasteiger partial charge in [0.25, 0.3) is 5.56 Å². The molecule has 1 aromatic heterocycles. The van der Waals surface area contributed by atoms with Gasteiger partial charge in [-0.2, -0.15) is 0 Å². The molecular formula is C18H19Cl2N5O3. The van der Waals surface area contributed by atoms with E-state index in [1.807, 2.05) is 6.07 Å². The van der Waals surface area contributed by atoms with Gasteiger partial charge in [-0.3, -0.25) is 19.6 Å². The number of hydrogen-bond donors (Lipinski definition) is 3. The van der Waals surface area contributed by atoms with E-state index in [-0.39, 0.29) is 18.1 Å². The number of ether oxygens (including phenoxy) is 1. The van der Waals surface area contributed by atoms with E-state index in [9.17, 15) is 9.59 Å². The third-order valence-electron chi connectivity index (χ3n) is 4.23. The summed E-state index contributed by atoms with van der Waals surface area (Å²) in [5, 5.41) is 4.01. The van der Waals surface area contributed by atoms with Gasteiger partial charge >= 0.3 is 0 Å². The SMILES string of the molecule is NC(=O)COCCC1CN=Cc2nc(NCc3ccc(Cl)c(Cl)c3)[nH]c(=O)c21. The van der Waals surface area contributed by atoms with Gasteiger partial charge in [0, 0.05) is 37.4 Å². The first-order chi connectivity index (χ1) is 13.4. The molecule has 0 saturated carbocycles. The zero-order valence-corrected chi connectivity index (χ0v) is 16.4. The fourth-order valence-electron chi connectivity index (χ4n) is 2.90. The number of benzene rings is 1. The lowest BCUT2D eigenvalue weighted by Gasteiger charge is -2.20. The Bertz CT molecular complexity index is 961. The molecule has 10 heteroatoms. The summed E-state index contributed by atoms with van der Waals surface area (Å²) in [7, 11) is 0. The Kier molecular flexibility index (Phi) is 6.66. The number of anilines is 1. The summed E-state index contributed by atoms with van der Waals surface area (Å²) in [4.78, 5) is 34.8. The van der Waals surface area contributed by atoms with Crippen molar-refractivity contribution in [1.29, 1.82) is 0 Å². The Morgan fingerprint density at radius 3 is 2.93 bits per heavy atom. The number of nitrogens with one attached hydrogen (secondary N) is 2. The van der Waals surface area contributed by atoms with Crippen molar-refractivity contribution in [1.82, 2.24) is 9.97 Å². The standard InChI is InChI=1S/C18H19Cl2N5O3/c19-12-2-1-10(5-13(12)20)6-23-18-24-14-8-22-7-11(16(14)17(27)25-18)3-4-28-9-15(21)26/h1-2,5,8,11H,3-4,6-7,9H2,(H2,21,26)(H2,23,24,25,27). The minimum Gasteiger partial charge on any atom is -0.372 e. The second-order valence-electron chi connectivity index (χ2n) is 6.31. The normalized spacial score (nSPS) is 15.3. The van der Waals surface area contributed by atoms with Crippen LogP contribution >= 0.6 is 23.2 Å². The maximum atomic E-state index is 12.6. The number of rotatable bonds is 8. The lowest BCUT2D eigenvalue weighted by atomic mass is 9.94. The van der Waals surface area contributed by atoms with Crippen LogP contribution in [-0.4, -0.2) is 41.8 Å². The summed E-state index contributed by atoms with van der Waals surface area (Å²) in [5.41, 5.74) is 6.80. The van der Waals surface area contributed by atoms with E-state index in [2.05, 4.69) is 20.3 Å². The summed E-state index contributed by atoms with van der Waals surface area (Å²) in [6, 6.07) is 5.29. The van der Waals surface area contributed by atoms with Crippen LogP contribution in [0.4, 0.5) is 5.95 Å². The molecule has 0 bridgehead atoms. The van der Waals surface area contributed by atoms with Gasteiger partial charge in [-0.05, 0) is 24.1 Å². The summed E-state index contributed by atoms with van der Waals surface area (Å²) in [6.45, 7) is 1.04. The molecule has 1 atom stereocenters. The molecule has 2 aromatic rings. The van der Waals surface area contributed by atoms with Gasteiger partial charge in [0.1, 0.15) is 6.61 Å². The number of primary amides is 1.